The highest BCUT2D eigenvalue weighted by molar-refractivity contribution is 6.30. The maximum absolute atomic E-state index is 12.2. The van der Waals surface area contributed by atoms with Crippen molar-refractivity contribution in [1.29, 1.82) is 0 Å². The van der Waals surface area contributed by atoms with Crippen LogP contribution in [0.25, 0.3) is 0 Å². The molecule has 2 aliphatic heterocycles. The molecule has 0 bridgehead atoms. The molecule has 2 aliphatic rings. The van der Waals surface area contributed by atoms with Gasteiger partial charge in [0.1, 0.15) is 0 Å². The number of benzene rings is 1. The second kappa shape index (κ2) is 8.06. The number of hydrogen-bond donors (Lipinski definition) is 2. The maximum Gasteiger partial charge on any atom is 0.315 e. The van der Waals surface area contributed by atoms with Gasteiger partial charge in [-0.15, -0.1) is 0 Å². The Bertz CT molecular complexity index is 622. The third-order valence-electron chi connectivity index (χ3n) is 5.00. The number of likely N-dealkylation sites (N-methyl/N-ethyl adjacent to an activating group) is 1. The molecule has 2 heterocycles. The maximum atomic E-state index is 12.2. The molecule has 2 fully saturated rings. The van der Waals surface area contributed by atoms with Crippen LogP contribution in [0.15, 0.2) is 24.3 Å². The molecule has 25 heavy (non-hydrogen) atoms. The van der Waals surface area contributed by atoms with Gasteiger partial charge < -0.3 is 15.5 Å². The smallest absolute Gasteiger partial charge is 0.315 e. The lowest BCUT2D eigenvalue weighted by molar-refractivity contribution is -0.117. The zero-order valence-corrected chi connectivity index (χ0v) is 15.3. The van der Waals surface area contributed by atoms with Crippen LogP contribution in [0.4, 0.5) is 10.5 Å². The Morgan fingerprint density at radius 1 is 1.32 bits per heavy atom. The van der Waals surface area contributed by atoms with Crippen molar-refractivity contribution in [3.8, 4) is 0 Å². The van der Waals surface area contributed by atoms with Crippen molar-refractivity contribution in [2.45, 2.75) is 38.3 Å². The Kier molecular flexibility index (Phi) is 5.81. The SMILES string of the molecule is CCN1CCCC1CNC(=O)NC1CC(=O)N(c2ccc(Cl)cc2)C1. The molecule has 3 rings (SSSR count). The van der Waals surface area contributed by atoms with Crippen LogP contribution < -0.4 is 15.5 Å². The molecule has 0 spiro atoms. The second-order valence-corrected chi connectivity index (χ2v) is 7.10. The van der Waals surface area contributed by atoms with Gasteiger partial charge in [-0.25, -0.2) is 4.79 Å². The van der Waals surface area contributed by atoms with E-state index in [9.17, 15) is 9.59 Å². The molecule has 0 saturated carbocycles. The van der Waals surface area contributed by atoms with Gasteiger partial charge in [0.15, 0.2) is 0 Å². The molecule has 2 saturated heterocycles. The highest BCUT2D eigenvalue weighted by Gasteiger charge is 2.32. The number of urea groups is 1. The largest absolute Gasteiger partial charge is 0.337 e. The molecular weight excluding hydrogens is 340 g/mol. The first-order valence-corrected chi connectivity index (χ1v) is 9.29. The summed E-state index contributed by atoms with van der Waals surface area (Å²) in [6.45, 7) is 5.41. The number of rotatable bonds is 5. The second-order valence-electron chi connectivity index (χ2n) is 6.66. The first-order valence-electron chi connectivity index (χ1n) is 8.91. The van der Waals surface area contributed by atoms with Gasteiger partial charge in [0.2, 0.25) is 5.91 Å². The molecular formula is C18H25ClN4O2. The van der Waals surface area contributed by atoms with Gasteiger partial charge >= 0.3 is 6.03 Å². The fourth-order valence-electron chi connectivity index (χ4n) is 3.66. The van der Waals surface area contributed by atoms with Crippen LogP contribution in [0.1, 0.15) is 26.2 Å². The number of nitrogens with zero attached hydrogens (tertiary/aromatic N) is 2. The van der Waals surface area contributed by atoms with E-state index in [4.69, 9.17) is 11.6 Å². The van der Waals surface area contributed by atoms with E-state index < -0.39 is 0 Å². The molecule has 0 radical (unpaired) electrons. The van der Waals surface area contributed by atoms with Gasteiger partial charge in [0.25, 0.3) is 0 Å². The number of anilines is 1. The third kappa shape index (κ3) is 4.44. The van der Waals surface area contributed by atoms with Crippen LogP contribution >= 0.6 is 11.6 Å². The summed E-state index contributed by atoms with van der Waals surface area (Å²) in [5.41, 5.74) is 0.809. The average molecular weight is 365 g/mol. The van der Waals surface area contributed by atoms with Crippen LogP contribution in [-0.4, -0.2) is 55.1 Å². The fourth-order valence-corrected chi connectivity index (χ4v) is 3.79. The van der Waals surface area contributed by atoms with Crippen molar-refractivity contribution in [3.63, 3.8) is 0 Å². The summed E-state index contributed by atoms with van der Waals surface area (Å²) in [5.74, 6) is 0.0144. The minimum absolute atomic E-state index is 0.0144. The summed E-state index contributed by atoms with van der Waals surface area (Å²) in [6.07, 6.45) is 2.63. The van der Waals surface area contributed by atoms with Crippen LogP contribution in [0.3, 0.4) is 0 Å². The average Bonchev–Trinajstić information content (AvgIpc) is 3.19. The molecule has 6 nitrogen and oxygen atoms in total. The van der Waals surface area contributed by atoms with Crippen molar-refractivity contribution < 1.29 is 9.59 Å². The monoisotopic (exact) mass is 364 g/mol. The minimum atomic E-state index is -0.196. The molecule has 2 atom stereocenters. The number of carbonyl (C=O) groups is 2. The molecule has 0 aliphatic carbocycles. The van der Waals surface area contributed by atoms with Crippen LogP contribution in [0, 0.1) is 0 Å². The van der Waals surface area contributed by atoms with E-state index in [-0.39, 0.29) is 18.0 Å². The number of amides is 3. The molecule has 2 N–H and O–H groups in total. The number of likely N-dealkylation sites (tertiary alicyclic amines) is 1. The summed E-state index contributed by atoms with van der Waals surface area (Å²) >= 11 is 5.89. The first-order chi connectivity index (χ1) is 12.1. The Balaban J connectivity index is 1.47. The van der Waals surface area contributed by atoms with Crippen LogP contribution in [0.5, 0.6) is 0 Å². The molecule has 0 aromatic heterocycles. The Hall–Kier alpha value is -1.79. The van der Waals surface area contributed by atoms with E-state index in [1.807, 2.05) is 12.1 Å². The van der Waals surface area contributed by atoms with E-state index in [2.05, 4.69) is 22.5 Å². The molecule has 1 aromatic carbocycles. The van der Waals surface area contributed by atoms with Gasteiger partial charge in [-0.3, -0.25) is 9.69 Å². The lowest BCUT2D eigenvalue weighted by Crippen LogP contribution is -2.47. The predicted molar refractivity (Wildman–Crippen MR) is 99.0 cm³/mol. The zero-order chi connectivity index (χ0) is 17.8. The highest BCUT2D eigenvalue weighted by Crippen LogP contribution is 2.23. The molecule has 7 heteroatoms. The van der Waals surface area contributed by atoms with Crippen molar-refractivity contribution in [1.82, 2.24) is 15.5 Å². The Morgan fingerprint density at radius 3 is 2.80 bits per heavy atom. The standard InChI is InChI=1S/C18H25ClN4O2/c1-2-22-9-3-4-16(22)11-20-18(25)21-14-10-17(24)23(12-14)15-7-5-13(19)6-8-15/h5-8,14,16H,2-4,9-12H2,1H3,(H2,20,21,25). The first kappa shape index (κ1) is 18.0. The lowest BCUT2D eigenvalue weighted by atomic mass is 10.2. The summed E-state index contributed by atoms with van der Waals surface area (Å²) in [4.78, 5) is 28.5. The van der Waals surface area contributed by atoms with Gasteiger partial charge in [-0.2, -0.15) is 0 Å². The van der Waals surface area contributed by atoms with E-state index >= 15 is 0 Å². The number of hydrogen-bond acceptors (Lipinski definition) is 3. The summed E-state index contributed by atoms with van der Waals surface area (Å²) in [7, 11) is 0. The van der Waals surface area contributed by atoms with Gasteiger partial charge in [0.05, 0.1) is 6.04 Å². The quantitative estimate of drug-likeness (QED) is 0.842. The zero-order valence-electron chi connectivity index (χ0n) is 14.5. The van der Waals surface area contributed by atoms with Gasteiger partial charge in [-0.1, -0.05) is 18.5 Å². The van der Waals surface area contributed by atoms with Crippen molar-refractivity contribution in [3.05, 3.63) is 29.3 Å². The summed E-state index contributed by atoms with van der Waals surface area (Å²) in [6, 6.07) is 7.22. The third-order valence-corrected chi connectivity index (χ3v) is 5.25. The number of nitrogens with one attached hydrogen (secondary N) is 2. The lowest BCUT2D eigenvalue weighted by Gasteiger charge is -2.23. The summed E-state index contributed by atoms with van der Waals surface area (Å²) in [5, 5.41) is 6.51. The van der Waals surface area contributed by atoms with Gasteiger partial charge in [-0.05, 0) is 50.2 Å². The predicted octanol–water partition coefficient (Wildman–Crippen LogP) is 2.23. The van der Waals surface area contributed by atoms with E-state index in [0.717, 1.165) is 25.2 Å². The van der Waals surface area contributed by atoms with E-state index in [1.54, 1.807) is 17.0 Å². The number of carbonyl (C=O) groups excluding carboxylic acids is 2. The molecule has 3 amide bonds. The molecule has 2 unspecified atom stereocenters. The van der Waals surface area contributed by atoms with Crippen molar-refractivity contribution in [2.24, 2.45) is 0 Å². The fraction of sp³-hybridized carbons (Fsp3) is 0.556. The van der Waals surface area contributed by atoms with Crippen molar-refractivity contribution in [2.75, 3.05) is 31.1 Å². The molecule has 136 valence electrons. The summed E-state index contributed by atoms with van der Waals surface area (Å²) < 4.78 is 0. The van der Waals surface area contributed by atoms with E-state index in [0.29, 0.717) is 30.6 Å². The Morgan fingerprint density at radius 2 is 2.08 bits per heavy atom. The number of halogens is 1. The van der Waals surface area contributed by atoms with Gasteiger partial charge in [0, 0.05) is 36.3 Å². The Labute approximate surface area is 153 Å². The van der Waals surface area contributed by atoms with E-state index in [1.165, 1.54) is 6.42 Å². The molecule has 1 aromatic rings. The van der Waals surface area contributed by atoms with Crippen molar-refractivity contribution >= 4 is 29.2 Å². The highest BCUT2D eigenvalue weighted by atomic mass is 35.5. The minimum Gasteiger partial charge on any atom is -0.337 e. The van der Waals surface area contributed by atoms with Crippen LogP contribution in [-0.2, 0) is 4.79 Å². The topological polar surface area (TPSA) is 64.7 Å². The van der Waals surface area contributed by atoms with Crippen LogP contribution in [0.2, 0.25) is 5.02 Å². The normalized spacial score (nSPS) is 23.9.